The third kappa shape index (κ3) is 1.85. The molecule has 82 valence electrons. The average molecular weight is 215 g/mol. The molecule has 2 rings (SSSR count). The molecule has 0 bridgehead atoms. The van der Waals surface area contributed by atoms with Crippen molar-refractivity contribution in [2.45, 2.75) is 25.0 Å². The molecule has 3 nitrogen and oxygen atoms in total. The van der Waals surface area contributed by atoms with Gasteiger partial charge in [0, 0.05) is 0 Å². The van der Waals surface area contributed by atoms with Crippen LogP contribution in [-0.4, -0.2) is 16.3 Å². The van der Waals surface area contributed by atoms with E-state index in [1.54, 1.807) is 6.07 Å². The van der Waals surface area contributed by atoms with E-state index < -0.39 is 12.2 Å². The van der Waals surface area contributed by atoms with Gasteiger partial charge < -0.3 is 10.2 Å². The summed E-state index contributed by atoms with van der Waals surface area (Å²) in [5.41, 5.74) is 2.86. The lowest BCUT2D eigenvalue weighted by molar-refractivity contribution is 0.0212. The van der Waals surface area contributed by atoms with Crippen LogP contribution in [0.2, 0.25) is 0 Å². The quantitative estimate of drug-likeness (QED) is 0.804. The average Bonchev–Trinajstić information content (AvgIpc) is 2.76. The molecule has 0 fully saturated rings. The molecule has 0 spiro atoms. The minimum Gasteiger partial charge on any atom is -0.389 e. The van der Waals surface area contributed by atoms with E-state index in [2.05, 4.69) is 0 Å². The Kier molecular flexibility index (Phi) is 3.04. The number of aliphatic hydroxyl groups excluding tert-OH is 2. The van der Waals surface area contributed by atoms with E-state index in [0.717, 1.165) is 23.1 Å². The third-order valence-corrected chi connectivity index (χ3v) is 2.85. The van der Waals surface area contributed by atoms with Gasteiger partial charge >= 0.3 is 0 Å². The Hall–Kier alpha value is -1.63. The second kappa shape index (κ2) is 4.48. The van der Waals surface area contributed by atoms with Crippen LogP contribution in [0.1, 0.15) is 29.2 Å². The SMILES string of the molecule is N#CCC(O)C(O)c1cccc2c1CC=C2. The Morgan fingerprint density at radius 1 is 1.38 bits per heavy atom. The van der Waals surface area contributed by atoms with E-state index in [4.69, 9.17) is 5.26 Å². The maximum atomic E-state index is 9.96. The summed E-state index contributed by atoms with van der Waals surface area (Å²) in [6, 6.07) is 7.49. The molecule has 0 aromatic heterocycles. The fraction of sp³-hybridized carbons (Fsp3) is 0.308. The summed E-state index contributed by atoms with van der Waals surface area (Å²) < 4.78 is 0. The van der Waals surface area contributed by atoms with Crippen LogP contribution in [0.15, 0.2) is 24.3 Å². The maximum Gasteiger partial charge on any atom is 0.106 e. The summed E-state index contributed by atoms with van der Waals surface area (Å²) in [7, 11) is 0. The summed E-state index contributed by atoms with van der Waals surface area (Å²) >= 11 is 0. The summed E-state index contributed by atoms with van der Waals surface area (Å²) in [6.07, 6.45) is 2.76. The molecule has 0 heterocycles. The zero-order valence-corrected chi connectivity index (χ0v) is 8.80. The summed E-state index contributed by atoms with van der Waals surface area (Å²) in [5.74, 6) is 0. The first-order valence-electron chi connectivity index (χ1n) is 5.25. The van der Waals surface area contributed by atoms with Crippen molar-refractivity contribution in [3.8, 4) is 6.07 Å². The predicted molar refractivity (Wildman–Crippen MR) is 60.4 cm³/mol. The van der Waals surface area contributed by atoms with Crippen LogP contribution >= 0.6 is 0 Å². The van der Waals surface area contributed by atoms with Gasteiger partial charge in [-0.2, -0.15) is 5.26 Å². The fourth-order valence-electron chi connectivity index (χ4n) is 2.01. The van der Waals surface area contributed by atoms with E-state index in [1.807, 2.05) is 30.4 Å². The molecular formula is C13H13NO2. The highest BCUT2D eigenvalue weighted by molar-refractivity contribution is 5.62. The molecule has 3 heteroatoms. The minimum absolute atomic E-state index is 0.0573. The maximum absolute atomic E-state index is 9.96. The molecule has 0 saturated carbocycles. The number of rotatable bonds is 3. The van der Waals surface area contributed by atoms with E-state index in [9.17, 15) is 10.2 Å². The van der Waals surface area contributed by atoms with Gasteiger partial charge in [0.2, 0.25) is 0 Å². The van der Waals surface area contributed by atoms with Crippen molar-refractivity contribution in [3.05, 3.63) is 41.0 Å². The Morgan fingerprint density at radius 2 is 2.19 bits per heavy atom. The monoisotopic (exact) mass is 215 g/mol. The number of benzene rings is 1. The van der Waals surface area contributed by atoms with Gasteiger partial charge in [-0.1, -0.05) is 30.4 Å². The molecule has 0 amide bonds. The van der Waals surface area contributed by atoms with Crippen LogP contribution in [0.3, 0.4) is 0 Å². The number of fused-ring (bicyclic) bond motifs is 1. The zero-order chi connectivity index (χ0) is 11.5. The summed E-state index contributed by atoms with van der Waals surface area (Å²) in [4.78, 5) is 0. The van der Waals surface area contributed by atoms with Crippen molar-refractivity contribution in [3.63, 3.8) is 0 Å². The molecule has 1 aromatic rings. The summed E-state index contributed by atoms with van der Waals surface area (Å²) in [5, 5.41) is 28.1. The Bertz CT molecular complexity index is 459. The van der Waals surface area contributed by atoms with E-state index >= 15 is 0 Å². The minimum atomic E-state index is -1.02. The van der Waals surface area contributed by atoms with E-state index in [-0.39, 0.29) is 6.42 Å². The number of nitriles is 1. The third-order valence-electron chi connectivity index (χ3n) is 2.85. The molecule has 2 unspecified atom stereocenters. The van der Waals surface area contributed by atoms with Crippen molar-refractivity contribution in [1.82, 2.24) is 0 Å². The molecule has 1 aliphatic rings. The van der Waals surface area contributed by atoms with Gasteiger partial charge in [0.1, 0.15) is 6.10 Å². The van der Waals surface area contributed by atoms with Gasteiger partial charge in [-0.3, -0.25) is 0 Å². The molecule has 0 radical (unpaired) electrons. The van der Waals surface area contributed by atoms with Crippen molar-refractivity contribution >= 4 is 6.08 Å². The normalized spacial score (nSPS) is 16.6. The van der Waals surface area contributed by atoms with Crippen molar-refractivity contribution in [2.75, 3.05) is 0 Å². The van der Waals surface area contributed by atoms with Gasteiger partial charge in [0.05, 0.1) is 18.6 Å². The van der Waals surface area contributed by atoms with E-state index in [0.29, 0.717) is 0 Å². The van der Waals surface area contributed by atoms with Gasteiger partial charge in [0.15, 0.2) is 0 Å². The molecule has 1 aliphatic carbocycles. The van der Waals surface area contributed by atoms with Crippen LogP contribution in [0.25, 0.3) is 6.08 Å². The van der Waals surface area contributed by atoms with Crippen molar-refractivity contribution in [2.24, 2.45) is 0 Å². The first-order valence-corrected chi connectivity index (χ1v) is 5.25. The predicted octanol–water partition coefficient (Wildman–Crippen LogP) is 1.56. The number of aliphatic hydroxyl groups is 2. The number of hydrogen-bond acceptors (Lipinski definition) is 3. The fourth-order valence-corrected chi connectivity index (χ4v) is 2.01. The Labute approximate surface area is 94.3 Å². The number of hydrogen-bond donors (Lipinski definition) is 2. The highest BCUT2D eigenvalue weighted by Gasteiger charge is 2.22. The molecular weight excluding hydrogens is 202 g/mol. The highest BCUT2D eigenvalue weighted by Crippen LogP contribution is 2.29. The molecule has 2 atom stereocenters. The largest absolute Gasteiger partial charge is 0.389 e. The van der Waals surface area contributed by atoms with Crippen LogP contribution in [0.5, 0.6) is 0 Å². The molecule has 0 aliphatic heterocycles. The highest BCUT2D eigenvalue weighted by atomic mass is 16.3. The first kappa shape index (κ1) is 10.9. The molecule has 16 heavy (non-hydrogen) atoms. The zero-order valence-electron chi connectivity index (χ0n) is 8.80. The van der Waals surface area contributed by atoms with Gasteiger partial charge in [-0.15, -0.1) is 0 Å². The van der Waals surface area contributed by atoms with Crippen molar-refractivity contribution in [1.29, 1.82) is 5.26 Å². The van der Waals surface area contributed by atoms with Crippen LogP contribution in [0.4, 0.5) is 0 Å². The lowest BCUT2D eigenvalue weighted by atomic mass is 9.95. The van der Waals surface area contributed by atoms with Crippen LogP contribution in [0, 0.1) is 11.3 Å². The van der Waals surface area contributed by atoms with Crippen molar-refractivity contribution < 1.29 is 10.2 Å². The first-order chi connectivity index (χ1) is 7.74. The Balaban J connectivity index is 2.29. The van der Waals surface area contributed by atoms with Crippen LogP contribution in [-0.2, 0) is 6.42 Å². The lowest BCUT2D eigenvalue weighted by Gasteiger charge is -2.18. The smallest absolute Gasteiger partial charge is 0.106 e. The standard InChI is InChI=1S/C13H13NO2/c14-8-7-12(15)13(16)11-6-2-4-9-3-1-5-10(9)11/h1-4,6,12-13,15-16H,5,7H2. The Morgan fingerprint density at radius 3 is 2.94 bits per heavy atom. The van der Waals surface area contributed by atoms with E-state index in [1.165, 1.54) is 0 Å². The van der Waals surface area contributed by atoms with Gasteiger partial charge in [-0.25, -0.2) is 0 Å². The second-order valence-electron chi connectivity index (χ2n) is 3.90. The van der Waals surface area contributed by atoms with Crippen LogP contribution < -0.4 is 0 Å². The molecule has 1 aromatic carbocycles. The van der Waals surface area contributed by atoms with Gasteiger partial charge in [0.25, 0.3) is 0 Å². The topological polar surface area (TPSA) is 64.2 Å². The number of nitrogens with zero attached hydrogens (tertiary/aromatic N) is 1. The summed E-state index contributed by atoms with van der Waals surface area (Å²) in [6.45, 7) is 0. The molecule has 2 N–H and O–H groups in total. The number of allylic oxidation sites excluding steroid dienone is 1. The molecule has 0 saturated heterocycles. The lowest BCUT2D eigenvalue weighted by Crippen LogP contribution is -2.18. The second-order valence-corrected chi connectivity index (χ2v) is 3.90. The van der Waals surface area contributed by atoms with Gasteiger partial charge in [-0.05, 0) is 23.1 Å².